The number of benzene rings is 2. The van der Waals surface area contributed by atoms with Crippen LogP contribution in [0.3, 0.4) is 0 Å². The highest BCUT2D eigenvalue weighted by atomic mass is 32.2. The van der Waals surface area contributed by atoms with Crippen molar-refractivity contribution in [1.29, 1.82) is 0 Å². The molecule has 0 saturated heterocycles. The third-order valence-electron chi connectivity index (χ3n) is 3.19. The van der Waals surface area contributed by atoms with E-state index in [4.69, 9.17) is 4.98 Å². The van der Waals surface area contributed by atoms with Crippen LogP contribution in [0.5, 0.6) is 0 Å². The Bertz CT molecular complexity index is 768. The summed E-state index contributed by atoms with van der Waals surface area (Å²) in [7, 11) is 0. The van der Waals surface area contributed by atoms with Gasteiger partial charge in [-0.25, -0.2) is 4.98 Å². The van der Waals surface area contributed by atoms with E-state index in [1.807, 2.05) is 0 Å². The molecule has 3 rings (SSSR count). The molecule has 0 aliphatic carbocycles. The number of anilines is 2. The minimum atomic E-state index is 0.919. The first-order valence-electron chi connectivity index (χ1n) is 6.79. The van der Waals surface area contributed by atoms with E-state index in [9.17, 15) is 0 Å². The highest BCUT2D eigenvalue weighted by Crippen LogP contribution is 2.30. The van der Waals surface area contributed by atoms with Gasteiger partial charge in [-0.2, -0.15) is 0 Å². The predicted octanol–water partition coefficient (Wildman–Crippen LogP) is 6.00. The lowest BCUT2D eigenvalue weighted by Gasteiger charge is -2.04. The summed E-state index contributed by atoms with van der Waals surface area (Å²) in [4.78, 5) is 7.20. The van der Waals surface area contributed by atoms with Gasteiger partial charge in [0, 0.05) is 26.4 Å². The van der Waals surface area contributed by atoms with Crippen LogP contribution in [0.15, 0.2) is 63.7 Å². The number of aromatic nitrogens is 1. The van der Waals surface area contributed by atoms with E-state index in [-0.39, 0.29) is 0 Å². The molecule has 22 heavy (non-hydrogen) atoms. The molecule has 0 radical (unpaired) electrons. The van der Waals surface area contributed by atoms with Crippen molar-refractivity contribution in [2.24, 2.45) is 0 Å². The monoisotopic (exact) mass is 344 g/mol. The lowest BCUT2D eigenvalue weighted by Crippen LogP contribution is -1.89. The minimum absolute atomic E-state index is 0.919. The van der Waals surface area contributed by atoms with Gasteiger partial charge < -0.3 is 5.32 Å². The lowest BCUT2D eigenvalue weighted by atomic mass is 10.2. The molecule has 0 aliphatic heterocycles. The van der Waals surface area contributed by atoms with E-state index in [1.165, 1.54) is 9.79 Å². The van der Waals surface area contributed by atoms with Gasteiger partial charge in [-0.15, -0.1) is 34.9 Å². The average Bonchev–Trinajstić information content (AvgIpc) is 3.03. The Hall–Kier alpha value is -1.43. The quantitative estimate of drug-likeness (QED) is 0.574. The normalized spacial score (nSPS) is 10.6. The summed E-state index contributed by atoms with van der Waals surface area (Å²) < 4.78 is 0. The van der Waals surface area contributed by atoms with Crippen LogP contribution in [0.25, 0.3) is 11.3 Å². The molecule has 0 unspecified atom stereocenters. The third-order valence-corrected chi connectivity index (χ3v) is 5.40. The van der Waals surface area contributed by atoms with Crippen molar-refractivity contribution in [2.75, 3.05) is 17.8 Å². The van der Waals surface area contributed by atoms with Crippen LogP contribution in [0, 0.1) is 0 Å². The fourth-order valence-corrected chi connectivity index (χ4v) is 3.73. The molecule has 112 valence electrons. The molecule has 1 N–H and O–H groups in total. The molecule has 2 nitrogen and oxygen atoms in total. The van der Waals surface area contributed by atoms with Crippen LogP contribution >= 0.6 is 34.9 Å². The predicted molar refractivity (Wildman–Crippen MR) is 101 cm³/mol. The Kier molecular flexibility index (Phi) is 5.08. The zero-order chi connectivity index (χ0) is 15.4. The SMILES string of the molecule is CSc1cccc(Nc2nc(-c3cccc(SC)c3)cs2)c1. The van der Waals surface area contributed by atoms with Crippen LogP contribution in [0.1, 0.15) is 0 Å². The number of hydrogen-bond acceptors (Lipinski definition) is 5. The van der Waals surface area contributed by atoms with Gasteiger partial charge in [-0.05, 0) is 42.8 Å². The molecule has 2 aromatic carbocycles. The Labute approximate surface area is 143 Å². The molecule has 0 amide bonds. The van der Waals surface area contributed by atoms with Crippen LogP contribution in [-0.4, -0.2) is 17.5 Å². The maximum atomic E-state index is 4.70. The zero-order valence-electron chi connectivity index (χ0n) is 12.4. The highest BCUT2D eigenvalue weighted by Gasteiger charge is 2.06. The maximum Gasteiger partial charge on any atom is 0.187 e. The van der Waals surface area contributed by atoms with Crippen LogP contribution in [-0.2, 0) is 0 Å². The summed E-state index contributed by atoms with van der Waals surface area (Å²) in [5.74, 6) is 0. The van der Waals surface area contributed by atoms with Gasteiger partial charge in [0.25, 0.3) is 0 Å². The molecule has 0 fully saturated rings. The topological polar surface area (TPSA) is 24.9 Å². The molecule has 1 aromatic heterocycles. The van der Waals surface area contributed by atoms with E-state index in [2.05, 4.69) is 71.7 Å². The van der Waals surface area contributed by atoms with Crippen LogP contribution in [0.4, 0.5) is 10.8 Å². The summed E-state index contributed by atoms with van der Waals surface area (Å²) >= 11 is 5.12. The fourth-order valence-electron chi connectivity index (χ4n) is 2.07. The van der Waals surface area contributed by atoms with Gasteiger partial charge in [0.1, 0.15) is 0 Å². The third kappa shape index (κ3) is 3.66. The number of rotatable bonds is 5. The number of nitrogens with one attached hydrogen (secondary N) is 1. The molecule has 3 aromatic rings. The van der Waals surface area contributed by atoms with E-state index in [0.717, 1.165) is 22.1 Å². The second-order valence-electron chi connectivity index (χ2n) is 4.63. The molecular weight excluding hydrogens is 328 g/mol. The summed E-state index contributed by atoms with van der Waals surface area (Å²) in [6.45, 7) is 0. The largest absolute Gasteiger partial charge is 0.332 e. The fraction of sp³-hybridized carbons (Fsp3) is 0.118. The lowest BCUT2D eigenvalue weighted by molar-refractivity contribution is 1.35. The summed E-state index contributed by atoms with van der Waals surface area (Å²) in [6, 6.07) is 16.9. The number of thioether (sulfide) groups is 2. The van der Waals surface area contributed by atoms with Gasteiger partial charge in [0.2, 0.25) is 0 Å². The van der Waals surface area contributed by atoms with E-state index < -0.39 is 0 Å². The molecule has 5 heteroatoms. The van der Waals surface area contributed by atoms with E-state index in [0.29, 0.717) is 0 Å². The molecular formula is C17H16N2S3. The Morgan fingerprint density at radius 3 is 2.45 bits per heavy atom. The molecule has 0 spiro atoms. The van der Waals surface area contributed by atoms with Gasteiger partial charge in [-0.3, -0.25) is 0 Å². The average molecular weight is 345 g/mol. The van der Waals surface area contributed by atoms with Crippen molar-refractivity contribution < 1.29 is 0 Å². The van der Waals surface area contributed by atoms with Crippen molar-refractivity contribution in [2.45, 2.75) is 9.79 Å². The molecule has 0 bridgehead atoms. The molecule has 0 aliphatic rings. The number of nitrogens with zero attached hydrogens (tertiary/aromatic N) is 1. The first kappa shape index (κ1) is 15.5. The Balaban J connectivity index is 1.81. The van der Waals surface area contributed by atoms with E-state index in [1.54, 1.807) is 34.9 Å². The summed E-state index contributed by atoms with van der Waals surface area (Å²) in [5.41, 5.74) is 3.25. The van der Waals surface area contributed by atoms with Crippen molar-refractivity contribution in [3.63, 3.8) is 0 Å². The van der Waals surface area contributed by atoms with Gasteiger partial charge in [0.05, 0.1) is 5.69 Å². The van der Waals surface area contributed by atoms with Crippen molar-refractivity contribution in [3.05, 3.63) is 53.9 Å². The molecule has 0 atom stereocenters. The Morgan fingerprint density at radius 2 is 1.68 bits per heavy atom. The molecule has 1 heterocycles. The van der Waals surface area contributed by atoms with Gasteiger partial charge in [0.15, 0.2) is 5.13 Å². The first-order chi connectivity index (χ1) is 10.8. The zero-order valence-corrected chi connectivity index (χ0v) is 14.8. The number of hydrogen-bond donors (Lipinski definition) is 1. The van der Waals surface area contributed by atoms with Crippen LogP contribution < -0.4 is 5.32 Å². The van der Waals surface area contributed by atoms with Gasteiger partial charge >= 0.3 is 0 Å². The first-order valence-corrected chi connectivity index (χ1v) is 10.1. The second kappa shape index (κ2) is 7.22. The van der Waals surface area contributed by atoms with E-state index >= 15 is 0 Å². The molecule has 0 saturated carbocycles. The highest BCUT2D eigenvalue weighted by molar-refractivity contribution is 7.98. The maximum absolute atomic E-state index is 4.70. The van der Waals surface area contributed by atoms with Gasteiger partial charge in [-0.1, -0.05) is 18.2 Å². The summed E-state index contributed by atoms with van der Waals surface area (Å²) in [6.07, 6.45) is 4.17. The summed E-state index contributed by atoms with van der Waals surface area (Å²) in [5, 5.41) is 6.40. The smallest absolute Gasteiger partial charge is 0.187 e. The standard InChI is InChI=1S/C17H16N2S3/c1-20-14-7-3-5-12(9-14)16-11-22-17(19-16)18-13-6-4-8-15(10-13)21-2/h3-11H,1-2H3,(H,18,19). The second-order valence-corrected chi connectivity index (χ2v) is 7.24. The van der Waals surface area contributed by atoms with Crippen LogP contribution in [0.2, 0.25) is 0 Å². The Morgan fingerprint density at radius 1 is 0.955 bits per heavy atom. The van der Waals surface area contributed by atoms with Crippen molar-refractivity contribution in [1.82, 2.24) is 4.98 Å². The number of thiazole rings is 1. The minimum Gasteiger partial charge on any atom is -0.332 e. The van der Waals surface area contributed by atoms with Crippen molar-refractivity contribution >= 4 is 45.7 Å². The van der Waals surface area contributed by atoms with Crippen molar-refractivity contribution in [3.8, 4) is 11.3 Å².